The number of piperidine rings is 1. The molecule has 1 aromatic heterocycles. The van der Waals surface area contributed by atoms with Crippen LogP contribution in [-0.4, -0.2) is 49.9 Å². The number of aliphatic carboxylic acids is 1. The number of amides is 2. The third-order valence-corrected chi connectivity index (χ3v) is 4.07. The summed E-state index contributed by atoms with van der Waals surface area (Å²) in [6.07, 6.45) is 2.66. The Morgan fingerprint density at radius 1 is 1.55 bits per heavy atom. The molecule has 0 aliphatic carbocycles. The van der Waals surface area contributed by atoms with Crippen molar-refractivity contribution in [3.05, 3.63) is 0 Å². The van der Waals surface area contributed by atoms with E-state index in [4.69, 9.17) is 0 Å². The van der Waals surface area contributed by atoms with Crippen LogP contribution in [0.25, 0.3) is 0 Å². The van der Waals surface area contributed by atoms with Crippen LogP contribution in [0.3, 0.4) is 0 Å². The Morgan fingerprint density at radius 3 is 2.95 bits per heavy atom. The van der Waals surface area contributed by atoms with E-state index in [1.807, 2.05) is 6.92 Å². The van der Waals surface area contributed by atoms with Crippen LogP contribution in [0, 0.1) is 5.41 Å². The molecule has 2 rings (SSSR count). The summed E-state index contributed by atoms with van der Waals surface area (Å²) in [5, 5.41) is 19.4. The van der Waals surface area contributed by atoms with Gasteiger partial charge in [-0.15, -0.1) is 0 Å². The van der Waals surface area contributed by atoms with E-state index in [0.717, 1.165) is 18.0 Å². The molecular weight excluding hydrogens is 282 g/mol. The Bertz CT molecular complexity index is 476. The maximum Gasteiger partial charge on any atom is 0.323 e. The van der Waals surface area contributed by atoms with Gasteiger partial charge in [0.05, 0.1) is 5.41 Å². The largest absolute Gasteiger partial charge is 0.481 e. The number of hydrogen-bond acceptors (Lipinski definition) is 6. The van der Waals surface area contributed by atoms with Crippen molar-refractivity contribution in [1.29, 1.82) is 0 Å². The fraction of sp³-hybridized carbons (Fsp3) is 0.727. The second kappa shape index (κ2) is 6.12. The number of urea groups is 1. The van der Waals surface area contributed by atoms with Gasteiger partial charge in [-0.25, -0.2) is 4.79 Å². The predicted octanol–water partition coefficient (Wildman–Crippen LogP) is 1.43. The van der Waals surface area contributed by atoms with Gasteiger partial charge in [0.2, 0.25) is 5.13 Å². The monoisotopic (exact) mass is 299 g/mol. The number of carbonyl (C=O) groups is 2. The van der Waals surface area contributed by atoms with Crippen molar-refractivity contribution in [2.45, 2.75) is 32.6 Å². The van der Waals surface area contributed by atoms with Gasteiger partial charge in [-0.1, -0.05) is 22.9 Å². The molecule has 8 nitrogen and oxygen atoms in total. The summed E-state index contributed by atoms with van der Waals surface area (Å²) in [4.78, 5) is 25.2. The van der Waals surface area contributed by atoms with Gasteiger partial charge in [0.15, 0.2) is 0 Å². The van der Waals surface area contributed by atoms with Crippen LogP contribution in [0.1, 0.15) is 32.6 Å². The van der Waals surface area contributed by atoms with E-state index >= 15 is 0 Å². The number of aromatic nitrogens is 3. The van der Waals surface area contributed by atoms with E-state index in [-0.39, 0.29) is 12.6 Å². The number of nitrogens with zero attached hydrogens (tertiary/aromatic N) is 4. The Balaban J connectivity index is 2.05. The smallest absolute Gasteiger partial charge is 0.323 e. The Kier molecular flexibility index (Phi) is 4.48. The molecule has 0 bridgehead atoms. The van der Waals surface area contributed by atoms with E-state index in [9.17, 15) is 14.7 Å². The number of carboxylic acids is 1. The topological polar surface area (TPSA) is 108 Å². The van der Waals surface area contributed by atoms with Crippen molar-refractivity contribution < 1.29 is 14.7 Å². The summed E-state index contributed by atoms with van der Waals surface area (Å²) in [7, 11) is 0. The van der Waals surface area contributed by atoms with Crippen molar-refractivity contribution >= 4 is 28.7 Å². The molecule has 20 heavy (non-hydrogen) atoms. The van der Waals surface area contributed by atoms with E-state index in [1.54, 1.807) is 0 Å². The van der Waals surface area contributed by atoms with Crippen LogP contribution in [0.5, 0.6) is 0 Å². The molecule has 0 saturated carbocycles. The lowest BCUT2D eigenvalue weighted by Crippen LogP contribution is -2.51. The van der Waals surface area contributed by atoms with E-state index in [2.05, 4.69) is 20.1 Å². The van der Waals surface area contributed by atoms with Crippen molar-refractivity contribution in [3.63, 3.8) is 0 Å². The molecule has 2 heterocycles. The average molecular weight is 299 g/mol. The Labute approximate surface area is 120 Å². The lowest BCUT2D eigenvalue weighted by atomic mass is 9.76. The summed E-state index contributed by atoms with van der Waals surface area (Å²) in [6.45, 7) is 2.74. The lowest BCUT2D eigenvalue weighted by molar-refractivity contribution is -0.152. The van der Waals surface area contributed by atoms with Crippen molar-refractivity contribution in [1.82, 2.24) is 19.7 Å². The highest BCUT2D eigenvalue weighted by Gasteiger charge is 2.42. The highest BCUT2D eigenvalue weighted by molar-refractivity contribution is 7.09. The number of carboxylic acid groups (broad SMARTS) is 1. The van der Waals surface area contributed by atoms with Gasteiger partial charge in [-0.05, 0) is 24.5 Å². The van der Waals surface area contributed by atoms with Gasteiger partial charge in [0.25, 0.3) is 0 Å². The molecule has 0 radical (unpaired) electrons. The van der Waals surface area contributed by atoms with Gasteiger partial charge in [-0.3, -0.25) is 10.1 Å². The molecule has 2 amide bonds. The molecule has 1 fully saturated rings. The molecule has 1 saturated heterocycles. The van der Waals surface area contributed by atoms with Crippen LogP contribution in [0.15, 0.2) is 0 Å². The molecule has 1 unspecified atom stereocenters. The summed E-state index contributed by atoms with van der Waals surface area (Å²) in [6, 6.07) is -0.343. The first kappa shape index (κ1) is 14.6. The number of nitrogens with one attached hydrogen (secondary N) is 1. The SMILES string of the molecule is CCCC1(C(=O)O)CCCN(C(=O)Nc2nnns2)C1. The van der Waals surface area contributed by atoms with Gasteiger partial charge in [0, 0.05) is 24.6 Å². The lowest BCUT2D eigenvalue weighted by Gasteiger charge is -2.39. The maximum atomic E-state index is 12.1. The summed E-state index contributed by atoms with van der Waals surface area (Å²) >= 11 is 0.985. The molecule has 1 aliphatic rings. The van der Waals surface area contributed by atoms with Crippen LogP contribution in [0.4, 0.5) is 9.93 Å². The number of carbonyl (C=O) groups excluding carboxylic acids is 1. The van der Waals surface area contributed by atoms with Gasteiger partial charge >= 0.3 is 12.0 Å². The third kappa shape index (κ3) is 3.03. The standard InChI is InChI=1S/C11H17N5O3S/c1-2-4-11(8(17)18)5-3-6-16(7-11)10(19)12-9-13-14-15-20-9/h2-7H2,1H3,(H,17,18)(H,12,13,15,19). The van der Waals surface area contributed by atoms with E-state index < -0.39 is 11.4 Å². The molecule has 0 aromatic carbocycles. The molecule has 2 N–H and O–H groups in total. The van der Waals surface area contributed by atoms with Crippen LogP contribution >= 0.6 is 11.5 Å². The molecular formula is C11H17N5O3S. The van der Waals surface area contributed by atoms with Gasteiger partial charge in [0.1, 0.15) is 0 Å². The number of likely N-dealkylation sites (tertiary alicyclic amines) is 1. The minimum atomic E-state index is -0.830. The van der Waals surface area contributed by atoms with Crippen molar-refractivity contribution in [3.8, 4) is 0 Å². The normalized spacial score (nSPS) is 22.6. The summed E-state index contributed by atoms with van der Waals surface area (Å²) in [5.41, 5.74) is -0.830. The number of hydrogen-bond donors (Lipinski definition) is 2. The Hall–Kier alpha value is -1.77. The van der Waals surface area contributed by atoms with E-state index in [1.165, 1.54) is 4.90 Å². The zero-order chi connectivity index (χ0) is 14.6. The third-order valence-electron chi connectivity index (χ3n) is 3.56. The quantitative estimate of drug-likeness (QED) is 0.870. The highest BCUT2D eigenvalue weighted by Crippen LogP contribution is 2.35. The van der Waals surface area contributed by atoms with Gasteiger partial charge in [-0.2, -0.15) is 0 Å². The molecule has 1 aliphatic heterocycles. The first-order chi connectivity index (χ1) is 9.57. The minimum absolute atomic E-state index is 0.230. The molecule has 110 valence electrons. The zero-order valence-electron chi connectivity index (χ0n) is 11.2. The van der Waals surface area contributed by atoms with Crippen LogP contribution in [-0.2, 0) is 4.79 Å². The van der Waals surface area contributed by atoms with Gasteiger partial charge < -0.3 is 10.0 Å². The molecule has 9 heteroatoms. The minimum Gasteiger partial charge on any atom is -0.481 e. The average Bonchev–Trinajstić information content (AvgIpc) is 2.92. The summed E-state index contributed by atoms with van der Waals surface area (Å²) < 4.78 is 3.56. The first-order valence-corrected chi connectivity index (χ1v) is 7.29. The van der Waals surface area contributed by atoms with Crippen molar-refractivity contribution in [2.75, 3.05) is 18.4 Å². The second-order valence-corrected chi connectivity index (χ2v) is 5.69. The fourth-order valence-corrected chi connectivity index (χ4v) is 2.98. The second-order valence-electron chi connectivity index (χ2n) is 4.96. The molecule has 1 atom stereocenters. The fourth-order valence-electron chi connectivity index (χ4n) is 2.62. The van der Waals surface area contributed by atoms with Crippen LogP contribution in [0.2, 0.25) is 0 Å². The Morgan fingerprint density at radius 2 is 2.35 bits per heavy atom. The number of anilines is 1. The zero-order valence-corrected chi connectivity index (χ0v) is 12.0. The highest BCUT2D eigenvalue weighted by atomic mass is 32.1. The van der Waals surface area contributed by atoms with Crippen molar-refractivity contribution in [2.24, 2.45) is 5.41 Å². The van der Waals surface area contributed by atoms with E-state index in [0.29, 0.717) is 30.9 Å². The first-order valence-electron chi connectivity index (χ1n) is 6.52. The maximum absolute atomic E-state index is 12.1. The van der Waals surface area contributed by atoms with Crippen LogP contribution < -0.4 is 5.32 Å². The number of rotatable bonds is 4. The summed E-state index contributed by atoms with van der Waals surface area (Å²) in [5.74, 6) is -0.825. The molecule has 1 aromatic rings. The molecule has 0 spiro atoms. The predicted molar refractivity (Wildman–Crippen MR) is 72.5 cm³/mol.